The van der Waals surface area contributed by atoms with Crippen molar-refractivity contribution in [2.75, 3.05) is 0 Å². The van der Waals surface area contributed by atoms with E-state index in [1.54, 1.807) is 44.2 Å². The molecule has 0 aromatic heterocycles. The highest BCUT2D eigenvalue weighted by molar-refractivity contribution is 6.32. The molecule has 0 spiro atoms. The van der Waals surface area contributed by atoms with Gasteiger partial charge in [-0.2, -0.15) is 0 Å². The van der Waals surface area contributed by atoms with Crippen molar-refractivity contribution in [1.82, 2.24) is 5.32 Å². The number of halogens is 1. The van der Waals surface area contributed by atoms with E-state index in [4.69, 9.17) is 16.7 Å². The highest BCUT2D eigenvalue weighted by atomic mass is 35.5. The summed E-state index contributed by atoms with van der Waals surface area (Å²) in [5.41, 5.74) is 0.704. The van der Waals surface area contributed by atoms with Crippen LogP contribution in [0.4, 0.5) is 0 Å². The van der Waals surface area contributed by atoms with Gasteiger partial charge in [-0.15, -0.1) is 0 Å². The standard InChI is InChI=1S/C14H16ClNO3/c1-9(2)13(14(18)19)16-12(17)8-7-10-5-3-4-6-11(10)15/h3-9,13H,1-2H3,(H,16,17)(H,18,19)/b8-7+. The molecule has 0 fully saturated rings. The van der Waals surface area contributed by atoms with Gasteiger partial charge in [-0.1, -0.05) is 43.6 Å². The summed E-state index contributed by atoms with van der Waals surface area (Å²) in [4.78, 5) is 22.6. The summed E-state index contributed by atoms with van der Waals surface area (Å²) < 4.78 is 0. The zero-order valence-corrected chi connectivity index (χ0v) is 11.5. The van der Waals surface area contributed by atoms with Gasteiger partial charge in [0.2, 0.25) is 5.91 Å². The number of hydrogen-bond acceptors (Lipinski definition) is 2. The Labute approximate surface area is 117 Å². The van der Waals surface area contributed by atoms with Crippen molar-refractivity contribution >= 4 is 29.6 Å². The number of hydrogen-bond donors (Lipinski definition) is 2. The number of amides is 1. The van der Waals surface area contributed by atoms with Crippen molar-refractivity contribution in [1.29, 1.82) is 0 Å². The van der Waals surface area contributed by atoms with E-state index >= 15 is 0 Å². The second-order valence-corrected chi connectivity index (χ2v) is 4.83. The molecule has 1 amide bonds. The molecule has 2 N–H and O–H groups in total. The molecule has 0 bridgehead atoms. The third-order valence-electron chi connectivity index (χ3n) is 2.55. The molecular weight excluding hydrogens is 266 g/mol. The van der Waals surface area contributed by atoms with Gasteiger partial charge in [0.25, 0.3) is 0 Å². The highest BCUT2D eigenvalue weighted by Gasteiger charge is 2.22. The van der Waals surface area contributed by atoms with Gasteiger partial charge in [-0.25, -0.2) is 4.79 Å². The summed E-state index contributed by atoms with van der Waals surface area (Å²) in [6.45, 7) is 3.47. The molecule has 1 aromatic rings. The van der Waals surface area contributed by atoms with Crippen LogP contribution in [0.25, 0.3) is 6.08 Å². The average Bonchev–Trinajstić information content (AvgIpc) is 2.34. The molecular formula is C14H16ClNO3. The number of carbonyl (C=O) groups is 2. The maximum absolute atomic E-state index is 11.6. The second-order valence-electron chi connectivity index (χ2n) is 4.42. The van der Waals surface area contributed by atoms with E-state index in [0.29, 0.717) is 10.6 Å². The third-order valence-corrected chi connectivity index (χ3v) is 2.89. The van der Waals surface area contributed by atoms with Crippen molar-refractivity contribution in [3.8, 4) is 0 Å². The van der Waals surface area contributed by atoms with E-state index in [-0.39, 0.29) is 5.92 Å². The Kier molecular flexibility index (Phi) is 5.57. The number of carboxylic acid groups (broad SMARTS) is 1. The molecule has 0 aliphatic rings. The van der Waals surface area contributed by atoms with Crippen molar-refractivity contribution in [3.05, 3.63) is 40.9 Å². The summed E-state index contributed by atoms with van der Waals surface area (Å²) in [7, 11) is 0. The van der Waals surface area contributed by atoms with Crippen LogP contribution in [0.5, 0.6) is 0 Å². The first-order valence-corrected chi connectivity index (χ1v) is 6.25. The van der Waals surface area contributed by atoms with Crippen molar-refractivity contribution in [2.45, 2.75) is 19.9 Å². The van der Waals surface area contributed by atoms with Gasteiger partial charge in [-0.3, -0.25) is 4.79 Å². The molecule has 19 heavy (non-hydrogen) atoms. The SMILES string of the molecule is CC(C)C(NC(=O)/C=C/c1ccccc1Cl)C(=O)O. The molecule has 1 rings (SSSR count). The fourth-order valence-corrected chi connectivity index (χ4v) is 1.69. The second kappa shape index (κ2) is 6.95. The topological polar surface area (TPSA) is 66.4 Å². The van der Waals surface area contributed by atoms with E-state index in [0.717, 1.165) is 0 Å². The van der Waals surface area contributed by atoms with Crippen LogP contribution < -0.4 is 5.32 Å². The Hall–Kier alpha value is -1.81. The molecule has 0 saturated carbocycles. The Morgan fingerprint density at radius 2 is 1.95 bits per heavy atom. The molecule has 102 valence electrons. The molecule has 0 saturated heterocycles. The first-order valence-electron chi connectivity index (χ1n) is 5.87. The maximum atomic E-state index is 11.6. The number of carboxylic acids is 1. The number of rotatable bonds is 5. The van der Waals surface area contributed by atoms with Gasteiger partial charge in [0, 0.05) is 11.1 Å². The Balaban J connectivity index is 2.70. The van der Waals surface area contributed by atoms with Crippen LogP contribution in [0, 0.1) is 5.92 Å². The molecule has 1 aromatic carbocycles. The minimum absolute atomic E-state index is 0.185. The van der Waals surface area contributed by atoms with Gasteiger partial charge in [0.1, 0.15) is 6.04 Å². The zero-order chi connectivity index (χ0) is 14.4. The molecule has 1 atom stereocenters. The fraction of sp³-hybridized carbons (Fsp3) is 0.286. The molecule has 0 aliphatic carbocycles. The lowest BCUT2D eigenvalue weighted by Crippen LogP contribution is -2.43. The van der Waals surface area contributed by atoms with Crippen molar-refractivity contribution in [3.63, 3.8) is 0 Å². The van der Waals surface area contributed by atoms with Crippen LogP contribution in [0.2, 0.25) is 5.02 Å². The third kappa shape index (κ3) is 4.75. The molecule has 0 radical (unpaired) electrons. The Morgan fingerprint density at radius 1 is 1.32 bits per heavy atom. The number of nitrogens with one attached hydrogen (secondary N) is 1. The summed E-state index contributed by atoms with van der Waals surface area (Å²) in [6.07, 6.45) is 2.83. The smallest absolute Gasteiger partial charge is 0.326 e. The minimum atomic E-state index is -1.05. The van der Waals surface area contributed by atoms with Gasteiger partial charge < -0.3 is 10.4 Å². The quantitative estimate of drug-likeness (QED) is 0.815. The molecule has 0 aliphatic heterocycles. The van der Waals surface area contributed by atoms with Crippen LogP contribution >= 0.6 is 11.6 Å². The average molecular weight is 282 g/mol. The van der Waals surface area contributed by atoms with E-state index in [1.807, 2.05) is 0 Å². The molecule has 0 heterocycles. The van der Waals surface area contributed by atoms with Crippen LogP contribution in [0.15, 0.2) is 30.3 Å². The lowest BCUT2D eigenvalue weighted by atomic mass is 10.0. The fourth-order valence-electron chi connectivity index (χ4n) is 1.49. The number of benzene rings is 1. The lowest BCUT2D eigenvalue weighted by molar-refractivity contribution is -0.142. The zero-order valence-electron chi connectivity index (χ0n) is 10.8. The molecule has 4 nitrogen and oxygen atoms in total. The largest absolute Gasteiger partial charge is 0.480 e. The predicted molar refractivity (Wildman–Crippen MR) is 74.9 cm³/mol. The van der Waals surface area contributed by atoms with Gasteiger partial charge in [0.05, 0.1) is 0 Å². The van der Waals surface area contributed by atoms with E-state index < -0.39 is 17.9 Å². The van der Waals surface area contributed by atoms with Gasteiger partial charge >= 0.3 is 5.97 Å². The normalized spacial score (nSPS) is 12.6. The van der Waals surface area contributed by atoms with Gasteiger partial charge in [0.15, 0.2) is 0 Å². The van der Waals surface area contributed by atoms with Crippen molar-refractivity contribution in [2.24, 2.45) is 5.92 Å². The van der Waals surface area contributed by atoms with Crippen LogP contribution in [-0.2, 0) is 9.59 Å². The summed E-state index contributed by atoms with van der Waals surface area (Å²) >= 11 is 5.94. The molecule has 1 unspecified atom stereocenters. The Bertz CT molecular complexity index is 497. The predicted octanol–water partition coefficient (Wildman–Crippen LogP) is 2.58. The molecule has 5 heteroatoms. The first kappa shape index (κ1) is 15.2. The lowest BCUT2D eigenvalue weighted by Gasteiger charge is -2.16. The van der Waals surface area contributed by atoms with E-state index in [1.165, 1.54) is 6.08 Å². The Morgan fingerprint density at radius 3 is 2.47 bits per heavy atom. The monoisotopic (exact) mass is 281 g/mol. The summed E-state index contributed by atoms with van der Waals surface area (Å²) in [6, 6.07) is 6.18. The van der Waals surface area contributed by atoms with Gasteiger partial charge in [-0.05, 0) is 23.6 Å². The summed E-state index contributed by atoms with van der Waals surface area (Å²) in [5, 5.41) is 11.9. The van der Waals surface area contributed by atoms with Crippen LogP contribution in [-0.4, -0.2) is 23.0 Å². The number of aliphatic carboxylic acids is 1. The van der Waals surface area contributed by atoms with E-state index in [2.05, 4.69) is 5.32 Å². The maximum Gasteiger partial charge on any atom is 0.326 e. The van der Waals surface area contributed by atoms with Crippen molar-refractivity contribution < 1.29 is 14.7 Å². The van der Waals surface area contributed by atoms with Crippen LogP contribution in [0.3, 0.4) is 0 Å². The minimum Gasteiger partial charge on any atom is -0.480 e. The number of carbonyl (C=O) groups excluding carboxylic acids is 1. The van der Waals surface area contributed by atoms with Crippen LogP contribution in [0.1, 0.15) is 19.4 Å². The highest BCUT2D eigenvalue weighted by Crippen LogP contribution is 2.16. The first-order chi connectivity index (χ1) is 8.91. The van der Waals surface area contributed by atoms with E-state index in [9.17, 15) is 9.59 Å². The summed E-state index contributed by atoms with van der Waals surface area (Å²) in [5.74, 6) is -1.69.